The van der Waals surface area contributed by atoms with Crippen molar-refractivity contribution in [1.82, 2.24) is 10.2 Å². The van der Waals surface area contributed by atoms with Gasteiger partial charge in [-0.15, -0.1) is 10.2 Å². The fraction of sp³-hybridized carbons (Fsp3) is 0. The first-order valence-corrected chi connectivity index (χ1v) is 6.60. The molecule has 1 heterocycles. The lowest BCUT2D eigenvalue weighted by atomic mass is 10.2. The Balaban J connectivity index is 2.08. The van der Waals surface area contributed by atoms with Gasteiger partial charge in [-0.2, -0.15) is 0 Å². The van der Waals surface area contributed by atoms with Crippen LogP contribution in [0, 0.1) is 23.3 Å². The van der Waals surface area contributed by atoms with Crippen LogP contribution in [0.2, 0.25) is 0 Å². The van der Waals surface area contributed by atoms with Crippen molar-refractivity contribution < 1.29 is 17.6 Å². The second kappa shape index (κ2) is 5.25. The van der Waals surface area contributed by atoms with Gasteiger partial charge in [0.1, 0.15) is 23.3 Å². The van der Waals surface area contributed by atoms with Gasteiger partial charge in [0.25, 0.3) is 0 Å². The first-order valence-electron chi connectivity index (χ1n) is 5.79. The van der Waals surface area contributed by atoms with Crippen molar-refractivity contribution >= 4 is 11.3 Å². The Kier molecular flexibility index (Phi) is 3.42. The third kappa shape index (κ3) is 2.64. The van der Waals surface area contributed by atoms with E-state index in [1.54, 1.807) is 0 Å². The molecule has 0 aliphatic rings. The van der Waals surface area contributed by atoms with Crippen molar-refractivity contribution in [3.63, 3.8) is 0 Å². The second-order valence-corrected chi connectivity index (χ2v) is 5.14. The predicted molar refractivity (Wildman–Crippen MR) is 70.6 cm³/mol. The number of hydrogen-bond donors (Lipinski definition) is 0. The van der Waals surface area contributed by atoms with Crippen molar-refractivity contribution in [1.29, 1.82) is 0 Å². The molecule has 0 atom stereocenters. The van der Waals surface area contributed by atoms with E-state index in [0.29, 0.717) is 0 Å². The van der Waals surface area contributed by atoms with Crippen LogP contribution in [0.25, 0.3) is 21.1 Å². The van der Waals surface area contributed by atoms with Gasteiger partial charge in [0.15, 0.2) is 10.0 Å². The van der Waals surface area contributed by atoms with Gasteiger partial charge in [0, 0.05) is 0 Å². The summed E-state index contributed by atoms with van der Waals surface area (Å²) in [6.45, 7) is 0. The molecule has 0 spiro atoms. The van der Waals surface area contributed by atoms with Gasteiger partial charge >= 0.3 is 0 Å². The fourth-order valence-electron chi connectivity index (χ4n) is 1.76. The SMILES string of the molecule is Fc1ccc(F)c(-c2nnc(-c3cc(F)ccc3F)s2)c1. The van der Waals surface area contributed by atoms with E-state index in [2.05, 4.69) is 10.2 Å². The molecule has 0 bridgehead atoms. The van der Waals surface area contributed by atoms with E-state index >= 15 is 0 Å². The molecular weight excluding hydrogens is 304 g/mol. The summed E-state index contributed by atoms with van der Waals surface area (Å²) in [5.41, 5.74) is -0.147. The third-order valence-electron chi connectivity index (χ3n) is 2.74. The number of benzene rings is 2. The molecule has 2 nitrogen and oxygen atoms in total. The summed E-state index contributed by atoms with van der Waals surface area (Å²) in [4.78, 5) is 0. The van der Waals surface area contributed by atoms with Crippen LogP contribution in [0.1, 0.15) is 0 Å². The minimum atomic E-state index is -0.668. The summed E-state index contributed by atoms with van der Waals surface area (Å²) < 4.78 is 53.6. The lowest BCUT2D eigenvalue weighted by Gasteiger charge is -1.98. The molecule has 0 saturated carbocycles. The number of halogens is 4. The summed E-state index contributed by atoms with van der Waals surface area (Å²) >= 11 is 0.849. The standard InChI is InChI=1S/C14H6F4N2S/c15-7-1-3-11(17)9(5-7)13-19-20-14(21-13)10-6-8(16)2-4-12(10)18/h1-6H. The summed E-state index contributed by atoms with van der Waals surface area (Å²) in [6.07, 6.45) is 0. The molecule has 0 aliphatic heterocycles. The second-order valence-electron chi connectivity index (χ2n) is 4.16. The number of aromatic nitrogens is 2. The van der Waals surface area contributed by atoms with Crippen molar-refractivity contribution in [2.45, 2.75) is 0 Å². The number of nitrogens with zero attached hydrogens (tertiary/aromatic N) is 2. The van der Waals surface area contributed by atoms with Crippen LogP contribution in [0.3, 0.4) is 0 Å². The van der Waals surface area contributed by atoms with Crippen LogP contribution >= 0.6 is 11.3 Å². The molecule has 0 radical (unpaired) electrons. The molecule has 0 unspecified atom stereocenters. The Morgan fingerprint density at radius 2 is 1.10 bits per heavy atom. The highest BCUT2D eigenvalue weighted by Crippen LogP contribution is 2.33. The molecule has 0 saturated heterocycles. The average molecular weight is 310 g/mol. The molecule has 0 aliphatic carbocycles. The van der Waals surface area contributed by atoms with E-state index in [1.807, 2.05) is 0 Å². The Morgan fingerprint density at radius 3 is 1.52 bits per heavy atom. The third-order valence-corrected chi connectivity index (χ3v) is 3.73. The summed E-state index contributed by atoms with van der Waals surface area (Å²) in [5.74, 6) is -2.59. The highest BCUT2D eigenvalue weighted by Gasteiger charge is 2.16. The lowest BCUT2D eigenvalue weighted by molar-refractivity contribution is 0.602. The first-order chi connectivity index (χ1) is 10.0. The van der Waals surface area contributed by atoms with Gasteiger partial charge in [-0.25, -0.2) is 17.6 Å². The molecular formula is C14H6F4N2S. The van der Waals surface area contributed by atoms with Crippen molar-refractivity contribution in [2.24, 2.45) is 0 Å². The maximum Gasteiger partial charge on any atom is 0.151 e. The van der Waals surface area contributed by atoms with Gasteiger partial charge in [-0.1, -0.05) is 11.3 Å². The maximum absolute atomic E-state index is 13.6. The molecule has 21 heavy (non-hydrogen) atoms. The van der Waals surface area contributed by atoms with E-state index in [9.17, 15) is 17.6 Å². The van der Waals surface area contributed by atoms with Crippen LogP contribution in [0.15, 0.2) is 36.4 Å². The zero-order valence-electron chi connectivity index (χ0n) is 10.3. The van der Waals surface area contributed by atoms with Crippen LogP contribution in [0.4, 0.5) is 17.6 Å². The summed E-state index contributed by atoms with van der Waals surface area (Å²) in [7, 11) is 0. The smallest absolute Gasteiger partial charge is 0.151 e. The monoisotopic (exact) mass is 310 g/mol. The Bertz CT molecular complexity index is 750. The largest absolute Gasteiger partial charge is 0.207 e. The number of rotatable bonds is 2. The minimum Gasteiger partial charge on any atom is -0.207 e. The average Bonchev–Trinajstić information content (AvgIpc) is 2.93. The van der Waals surface area contributed by atoms with Crippen molar-refractivity contribution in [3.05, 3.63) is 59.7 Å². The van der Waals surface area contributed by atoms with Gasteiger partial charge in [0.2, 0.25) is 0 Å². The van der Waals surface area contributed by atoms with Crippen LogP contribution < -0.4 is 0 Å². The lowest BCUT2D eigenvalue weighted by Crippen LogP contribution is -1.86. The molecule has 3 rings (SSSR count). The molecule has 106 valence electrons. The molecule has 0 amide bonds. The Labute approximate surface area is 120 Å². The molecule has 2 aromatic carbocycles. The quantitative estimate of drug-likeness (QED) is 0.654. The van der Waals surface area contributed by atoms with Crippen LogP contribution in [-0.2, 0) is 0 Å². The Morgan fingerprint density at radius 1 is 0.667 bits per heavy atom. The maximum atomic E-state index is 13.6. The van der Waals surface area contributed by atoms with E-state index in [1.165, 1.54) is 0 Å². The summed E-state index contributed by atoms with van der Waals surface area (Å²) in [6, 6.07) is 5.84. The van der Waals surface area contributed by atoms with Gasteiger partial charge in [-0.3, -0.25) is 0 Å². The molecule has 7 heteroatoms. The predicted octanol–water partition coefficient (Wildman–Crippen LogP) is 4.43. The molecule has 0 N–H and O–H groups in total. The van der Waals surface area contributed by atoms with Crippen molar-refractivity contribution in [3.8, 4) is 21.1 Å². The molecule has 0 fully saturated rings. The topological polar surface area (TPSA) is 25.8 Å². The summed E-state index contributed by atoms with van der Waals surface area (Å²) in [5, 5.41) is 7.59. The normalized spacial score (nSPS) is 10.9. The zero-order valence-corrected chi connectivity index (χ0v) is 11.1. The highest BCUT2D eigenvalue weighted by molar-refractivity contribution is 7.17. The zero-order chi connectivity index (χ0) is 15.0. The van der Waals surface area contributed by atoms with Gasteiger partial charge in [-0.05, 0) is 36.4 Å². The first kappa shape index (κ1) is 13.7. The van der Waals surface area contributed by atoms with E-state index < -0.39 is 23.3 Å². The minimum absolute atomic E-state index is 0.0736. The van der Waals surface area contributed by atoms with Gasteiger partial charge < -0.3 is 0 Å². The van der Waals surface area contributed by atoms with Gasteiger partial charge in [0.05, 0.1) is 11.1 Å². The Hall–Kier alpha value is -2.28. The van der Waals surface area contributed by atoms with E-state index in [4.69, 9.17) is 0 Å². The highest BCUT2D eigenvalue weighted by atomic mass is 32.1. The van der Waals surface area contributed by atoms with E-state index in [0.717, 1.165) is 47.7 Å². The molecule has 1 aromatic heterocycles. The van der Waals surface area contributed by atoms with Crippen molar-refractivity contribution in [2.75, 3.05) is 0 Å². The number of hydrogen-bond acceptors (Lipinski definition) is 3. The van der Waals surface area contributed by atoms with Crippen LogP contribution in [-0.4, -0.2) is 10.2 Å². The molecule has 3 aromatic rings. The van der Waals surface area contributed by atoms with Crippen LogP contribution in [0.5, 0.6) is 0 Å². The van der Waals surface area contributed by atoms with E-state index in [-0.39, 0.29) is 21.1 Å². The fourth-order valence-corrected chi connectivity index (χ4v) is 2.64.